The number of carbonyl (C=O) groups is 1. The number of hydrogen-bond acceptors (Lipinski definition) is 4. The first kappa shape index (κ1) is 12.4. The van der Waals surface area contributed by atoms with Crippen molar-refractivity contribution < 1.29 is 9.90 Å². The van der Waals surface area contributed by atoms with Crippen molar-refractivity contribution in [2.45, 2.75) is 39.7 Å². The first-order valence-corrected chi connectivity index (χ1v) is 5.28. The number of anilines is 1. The van der Waals surface area contributed by atoms with Gasteiger partial charge in [0.1, 0.15) is 17.2 Å². The molecule has 1 heterocycles. The van der Waals surface area contributed by atoms with Crippen LogP contribution in [0.15, 0.2) is 6.20 Å². The Bertz CT molecular complexity index is 389. The van der Waals surface area contributed by atoms with E-state index in [1.165, 1.54) is 6.20 Å². The van der Waals surface area contributed by atoms with Gasteiger partial charge in [0.2, 0.25) is 0 Å². The van der Waals surface area contributed by atoms with E-state index in [4.69, 9.17) is 5.11 Å². The highest BCUT2D eigenvalue weighted by molar-refractivity contribution is 5.92. The Morgan fingerprint density at radius 2 is 2.00 bits per heavy atom. The average Bonchev–Trinajstić information content (AvgIpc) is 2.15. The van der Waals surface area contributed by atoms with E-state index in [2.05, 4.69) is 15.3 Å². The summed E-state index contributed by atoms with van der Waals surface area (Å²) < 4.78 is 0. The second kappa shape index (κ2) is 4.92. The summed E-state index contributed by atoms with van der Waals surface area (Å²) in [5.74, 6) is 0.198. The average molecular weight is 223 g/mol. The van der Waals surface area contributed by atoms with Crippen molar-refractivity contribution >= 4 is 11.8 Å². The molecule has 0 radical (unpaired) electrons. The summed E-state index contributed by atoms with van der Waals surface area (Å²) in [6, 6.07) is 0.132. The summed E-state index contributed by atoms with van der Waals surface area (Å²) in [6.07, 6.45) is 1.36. The Morgan fingerprint density at radius 3 is 2.44 bits per heavy atom. The third-order valence-corrected chi connectivity index (χ3v) is 1.98. The molecule has 0 aromatic carbocycles. The van der Waals surface area contributed by atoms with Gasteiger partial charge >= 0.3 is 5.97 Å². The highest BCUT2D eigenvalue weighted by Gasteiger charge is 2.15. The van der Waals surface area contributed by atoms with Gasteiger partial charge in [0, 0.05) is 18.2 Å². The number of nitrogens with zero attached hydrogens (tertiary/aromatic N) is 2. The minimum absolute atomic E-state index is 0.109. The molecule has 1 aromatic heterocycles. The molecule has 0 spiro atoms. The lowest BCUT2D eigenvalue weighted by Crippen LogP contribution is -2.16. The van der Waals surface area contributed by atoms with E-state index in [1.54, 1.807) is 0 Å². The lowest BCUT2D eigenvalue weighted by Gasteiger charge is -2.13. The molecular formula is C11H17N3O2. The van der Waals surface area contributed by atoms with E-state index >= 15 is 0 Å². The second-order valence-electron chi connectivity index (χ2n) is 4.25. The molecule has 1 aromatic rings. The minimum Gasteiger partial charge on any atom is -0.477 e. The number of aromatic nitrogens is 2. The minimum atomic E-state index is -1.02. The van der Waals surface area contributed by atoms with E-state index < -0.39 is 5.97 Å². The number of aromatic carboxylic acids is 1. The predicted molar refractivity (Wildman–Crippen MR) is 61.8 cm³/mol. The Morgan fingerprint density at radius 1 is 1.38 bits per heavy atom. The summed E-state index contributed by atoms with van der Waals surface area (Å²) in [5, 5.41) is 12.0. The van der Waals surface area contributed by atoms with Crippen LogP contribution in [0.5, 0.6) is 0 Å². The third kappa shape index (κ3) is 2.92. The molecule has 0 amide bonds. The van der Waals surface area contributed by atoms with E-state index in [9.17, 15) is 4.79 Å². The fourth-order valence-corrected chi connectivity index (χ4v) is 1.21. The fourth-order valence-electron chi connectivity index (χ4n) is 1.21. The van der Waals surface area contributed by atoms with Crippen LogP contribution < -0.4 is 5.32 Å². The monoisotopic (exact) mass is 223 g/mol. The molecular weight excluding hydrogens is 206 g/mol. The van der Waals surface area contributed by atoms with Crippen LogP contribution in [0.2, 0.25) is 0 Å². The van der Waals surface area contributed by atoms with Crippen LogP contribution >= 0.6 is 0 Å². The molecule has 2 N–H and O–H groups in total. The number of carboxylic acid groups (broad SMARTS) is 1. The zero-order valence-corrected chi connectivity index (χ0v) is 9.98. The summed E-state index contributed by atoms with van der Waals surface area (Å²) in [4.78, 5) is 19.2. The van der Waals surface area contributed by atoms with Gasteiger partial charge in [-0.3, -0.25) is 0 Å². The van der Waals surface area contributed by atoms with Gasteiger partial charge in [0.05, 0.1) is 0 Å². The van der Waals surface area contributed by atoms with Crippen LogP contribution in [-0.4, -0.2) is 27.1 Å². The Hall–Kier alpha value is -1.65. The van der Waals surface area contributed by atoms with Crippen LogP contribution in [0.1, 0.15) is 49.8 Å². The molecule has 0 fully saturated rings. The summed E-state index contributed by atoms with van der Waals surface area (Å²) in [7, 11) is 0. The SMILES string of the molecule is CC(C)Nc1nc(C(C)C)ncc1C(=O)O. The quantitative estimate of drug-likeness (QED) is 0.817. The Balaban J connectivity index is 3.15. The van der Waals surface area contributed by atoms with E-state index in [-0.39, 0.29) is 17.5 Å². The molecule has 0 atom stereocenters. The predicted octanol–water partition coefficient (Wildman–Crippen LogP) is 2.12. The van der Waals surface area contributed by atoms with Crippen LogP contribution in [-0.2, 0) is 0 Å². The van der Waals surface area contributed by atoms with Crippen molar-refractivity contribution in [3.8, 4) is 0 Å². The van der Waals surface area contributed by atoms with Gasteiger partial charge in [0.25, 0.3) is 0 Å². The molecule has 16 heavy (non-hydrogen) atoms. The van der Waals surface area contributed by atoms with Crippen molar-refractivity contribution in [3.63, 3.8) is 0 Å². The van der Waals surface area contributed by atoms with Crippen LogP contribution in [0.3, 0.4) is 0 Å². The summed E-state index contributed by atoms with van der Waals surface area (Å²) in [6.45, 7) is 7.80. The molecule has 5 nitrogen and oxygen atoms in total. The van der Waals surface area contributed by atoms with Gasteiger partial charge < -0.3 is 10.4 Å². The van der Waals surface area contributed by atoms with Crippen molar-refractivity contribution in [3.05, 3.63) is 17.6 Å². The summed E-state index contributed by atoms with van der Waals surface area (Å²) >= 11 is 0. The zero-order chi connectivity index (χ0) is 12.3. The van der Waals surface area contributed by atoms with E-state index in [0.717, 1.165) is 0 Å². The molecule has 0 aliphatic heterocycles. The molecule has 5 heteroatoms. The van der Waals surface area contributed by atoms with Gasteiger partial charge in [-0.1, -0.05) is 13.8 Å². The summed E-state index contributed by atoms with van der Waals surface area (Å²) in [5.41, 5.74) is 0.109. The highest BCUT2D eigenvalue weighted by Crippen LogP contribution is 2.16. The smallest absolute Gasteiger partial charge is 0.341 e. The highest BCUT2D eigenvalue weighted by atomic mass is 16.4. The Labute approximate surface area is 94.9 Å². The van der Waals surface area contributed by atoms with Crippen LogP contribution in [0.4, 0.5) is 5.82 Å². The van der Waals surface area contributed by atoms with Crippen molar-refractivity contribution in [1.29, 1.82) is 0 Å². The standard InChI is InChI=1S/C11H17N3O2/c1-6(2)9-12-5-8(11(15)16)10(14-9)13-7(3)4/h5-7H,1-4H3,(H,15,16)(H,12,13,14). The molecule has 1 rings (SSSR count). The maximum absolute atomic E-state index is 11.0. The topological polar surface area (TPSA) is 75.1 Å². The van der Waals surface area contributed by atoms with Crippen LogP contribution in [0.25, 0.3) is 0 Å². The van der Waals surface area contributed by atoms with E-state index in [1.807, 2.05) is 27.7 Å². The van der Waals surface area contributed by atoms with Gasteiger partial charge in [0.15, 0.2) is 0 Å². The molecule has 0 saturated heterocycles. The normalized spacial score (nSPS) is 10.9. The lowest BCUT2D eigenvalue weighted by atomic mass is 10.2. The number of carboxylic acids is 1. The number of rotatable bonds is 4. The molecule has 0 bridgehead atoms. The van der Waals surface area contributed by atoms with Gasteiger partial charge in [-0.05, 0) is 13.8 Å². The lowest BCUT2D eigenvalue weighted by molar-refractivity contribution is 0.0697. The first-order chi connectivity index (χ1) is 7.41. The second-order valence-corrected chi connectivity index (χ2v) is 4.25. The van der Waals surface area contributed by atoms with Crippen molar-refractivity contribution in [2.24, 2.45) is 0 Å². The molecule has 0 aliphatic carbocycles. The van der Waals surface area contributed by atoms with Crippen LogP contribution in [0, 0.1) is 0 Å². The van der Waals surface area contributed by atoms with Gasteiger partial charge in [-0.15, -0.1) is 0 Å². The first-order valence-electron chi connectivity index (χ1n) is 5.28. The third-order valence-electron chi connectivity index (χ3n) is 1.98. The van der Waals surface area contributed by atoms with Gasteiger partial charge in [-0.2, -0.15) is 0 Å². The molecule has 0 unspecified atom stereocenters. The molecule has 0 aliphatic rings. The largest absolute Gasteiger partial charge is 0.477 e. The van der Waals surface area contributed by atoms with E-state index in [0.29, 0.717) is 11.6 Å². The number of nitrogens with one attached hydrogen (secondary N) is 1. The van der Waals surface area contributed by atoms with Crippen molar-refractivity contribution in [2.75, 3.05) is 5.32 Å². The van der Waals surface area contributed by atoms with Crippen molar-refractivity contribution in [1.82, 2.24) is 9.97 Å². The Kier molecular flexibility index (Phi) is 3.82. The number of hydrogen-bond donors (Lipinski definition) is 2. The van der Waals surface area contributed by atoms with Gasteiger partial charge in [-0.25, -0.2) is 14.8 Å². The zero-order valence-electron chi connectivity index (χ0n) is 9.98. The maximum Gasteiger partial charge on any atom is 0.341 e. The maximum atomic E-state index is 11.0. The molecule has 88 valence electrons. The fraction of sp³-hybridized carbons (Fsp3) is 0.545. The molecule has 0 saturated carbocycles.